The number of nitrogens with zero attached hydrogens (tertiary/aromatic N) is 1. The molecule has 0 unspecified atom stereocenters. The number of piperidine rings is 1. The lowest BCUT2D eigenvalue weighted by Crippen LogP contribution is -2.49. The van der Waals surface area contributed by atoms with E-state index < -0.39 is 0 Å². The molecule has 1 saturated heterocycles. The first kappa shape index (κ1) is 9.47. The zero-order valence-corrected chi connectivity index (χ0v) is 9.14. The highest BCUT2D eigenvalue weighted by Gasteiger charge is 2.54. The molecule has 0 aromatic carbocycles. The molecule has 1 aliphatic carbocycles. The molecule has 2 N–H and O–H groups in total. The summed E-state index contributed by atoms with van der Waals surface area (Å²) >= 11 is 0. The Kier molecular flexibility index (Phi) is 1.97. The first-order chi connectivity index (χ1) is 5.94. The van der Waals surface area contributed by atoms with E-state index >= 15 is 0 Å². The van der Waals surface area contributed by atoms with E-state index in [4.69, 9.17) is 5.73 Å². The fraction of sp³-hybridized carbons (Fsp3) is 1.00. The molecule has 0 aromatic heterocycles. The number of hydrogen-bond acceptors (Lipinski definition) is 2. The summed E-state index contributed by atoms with van der Waals surface area (Å²) in [5, 5.41) is 0. The number of likely N-dealkylation sites (tertiary alicyclic amines) is 1. The number of hydrogen-bond donors (Lipinski definition) is 1. The van der Waals surface area contributed by atoms with E-state index in [1.54, 1.807) is 0 Å². The summed E-state index contributed by atoms with van der Waals surface area (Å²) in [6.07, 6.45) is 3.96. The van der Waals surface area contributed by atoms with Crippen molar-refractivity contribution in [1.29, 1.82) is 0 Å². The first-order valence-corrected chi connectivity index (χ1v) is 5.45. The van der Waals surface area contributed by atoms with Gasteiger partial charge in [-0.25, -0.2) is 0 Å². The highest BCUT2D eigenvalue weighted by molar-refractivity contribution is 5.10. The fourth-order valence-electron chi connectivity index (χ4n) is 2.58. The Bertz CT molecular complexity index is 207. The van der Waals surface area contributed by atoms with Crippen LogP contribution in [0.4, 0.5) is 0 Å². The van der Waals surface area contributed by atoms with Crippen LogP contribution in [-0.2, 0) is 0 Å². The Balaban J connectivity index is 2.01. The number of nitrogens with two attached hydrogens (primary N) is 1. The van der Waals surface area contributed by atoms with E-state index in [0.717, 1.165) is 0 Å². The van der Waals surface area contributed by atoms with Crippen LogP contribution in [0.25, 0.3) is 0 Å². The number of rotatable bonds is 0. The topological polar surface area (TPSA) is 29.3 Å². The highest BCUT2D eigenvalue weighted by atomic mass is 15.2. The molecule has 0 aromatic rings. The highest BCUT2D eigenvalue weighted by Crippen LogP contribution is 2.51. The summed E-state index contributed by atoms with van der Waals surface area (Å²) < 4.78 is 0. The molecule has 1 aliphatic heterocycles. The Morgan fingerprint density at radius 2 is 2.00 bits per heavy atom. The predicted octanol–water partition coefficient (Wildman–Crippen LogP) is 1.60. The Morgan fingerprint density at radius 1 is 1.38 bits per heavy atom. The van der Waals surface area contributed by atoms with Gasteiger partial charge < -0.3 is 5.73 Å². The van der Waals surface area contributed by atoms with Crippen LogP contribution in [-0.4, -0.2) is 29.6 Å². The van der Waals surface area contributed by atoms with E-state index in [2.05, 4.69) is 25.7 Å². The minimum Gasteiger partial charge on any atom is -0.327 e. The van der Waals surface area contributed by atoms with Crippen molar-refractivity contribution in [1.82, 2.24) is 4.90 Å². The molecule has 0 amide bonds. The Hall–Kier alpha value is -0.0800. The van der Waals surface area contributed by atoms with Gasteiger partial charge in [-0.1, -0.05) is 0 Å². The second-order valence-corrected chi connectivity index (χ2v) is 5.87. The maximum Gasteiger partial charge on any atom is 0.0125 e. The van der Waals surface area contributed by atoms with Gasteiger partial charge in [-0.2, -0.15) is 0 Å². The molecule has 1 heterocycles. The van der Waals surface area contributed by atoms with Crippen LogP contribution >= 0.6 is 0 Å². The molecule has 2 heteroatoms. The van der Waals surface area contributed by atoms with Crippen molar-refractivity contribution in [2.75, 3.05) is 13.1 Å². The van der Waals surface area contributed by atoms with Gasteiger partial charge in [-0.3, -0.25) is 4.90 Å². The smallest absolute Gasteiger partial charge is 0.0125 e. The average Bonchev–Trinajstić information content (AvgIpc) is 2.59. The molecule has 0 bridgehead atoms. The molecule has 13 heavy (non-hydrogen) atoms. The Labute approximate surface area is 81.5 Å². The molecule has 2 atom stereocenters. The summed E-state index contributed by atoms with van der Waals surface area (Å²) in [6, 6.07) is 0.498. The van der Waals surface area contributed by atoms with Crippen molar-refractivity contribution < 1.29 is 0 Å². The van der Waals surface area contributed by atoms with E-state index in [-0.39, 0.29) is 0 Å². The summed E-state index contributed by atoms with van der Waals surface area (Å²) in [6.45, 7) is 9.41. The lowest BCUT2D eigenvalue weighted by Gasteiger charge is -2.42. The van der Waals surface area contributed by atoms with Crippen LogP contribution in [0, 0.1) is 5.41 Å². The molecule has 0 radical (unpaired) electrons. The standard InChI is InChI=1S/C11H22N2/c1-10(2,3)13-6-4-5-11(8-13)7-9(11)12/h9H,4-8,12H2,1-3H3/t9-,11-/m0/s1. The second kappa shape index (κ2) is 2.71. The lowest BCUT2D eigenvalue weighted by atomic mass is 9.90. The lowest BCUT2D eigenvalue weighted by molar-refractivity contribution is 0.0681. The van der Waals surface area contributed by atoms with Gasteiger partial charge in [0.15, 0.2) is 0 Å². The SMILES string of the molecule is CC(C)(C)N1CCC[C@]2(C[C@@H]2N)C1. The maximum absolute atomic E-state index is 6.01. The molecule has 1 spiro atoms. The largest absolute Gasteiger partial charge is 0.327 e. The third-order valence-corrected chi connectivity index (χ3v) is 3.81. The van der Waals surface area contributed by atoms with Gasteiger partial charge in [-0.15, -0.1) is 0 Å². The predicted molar refractivity (Wildman–Crippen MR) is 55.6 cm³/mol. The zero-order chi connectivity index (χ0) is 9.69. The van der Waals surface area contributed by atoms with Crippen molar-refractivity contribution in [2.45, 2.75) is 51.6 Å². The molecule has 2 rings (SSSR count). The monoisotopic (exact) mass is 182 g/mol. The Morgan fingerprint density at radius 3 is 2.46 bits per heavy atom. The third kappa shape index (κ3) is 1.62. The summed E-state index contributed by atoms with van der Waals surface area (Å²) in [7, 11) is 0. The van der Waals surface area contributed by atoms with Gasteiger partial charge in [0.25, 0.3) is 0 Å². The van der Waals surface area contributed by atoms with Crippen LogP contribution in [0.3, 0.4) is 0 Å². The minimum absolute atomic E-state index is 0.329. The molecule has 1 saturated carbocycles. The molecule has 2 fully saturated rings. The average molecular weight is 182 g/mol. The molecule has 2 nitrogen and oxygen atoms in total. The fourth-order valence-corrected chi connectivity index (χ4v) is 2.58. The van der Waals surface area contributed by atoms with Crippen LogP contribution < -0.4 is 5.73 Å². The minimum atomic E-state index is 0.329. The van der Waals surface area contributed by atoms with E-state index in [0.29, 0.717) is 17.0 Å². The van der Waals surface area contributed by atoms with Crippen LogP contribution in [0.1, 0.15) is 40.0 Å². The van der Waals surface area contributed by atoms with E-state index in [1.165, 1.54) is 32.4 Å². The van der Waals surface area contributed by atoms with Crippen molar-refractivity contribution >= 4 is 0 Å². The van der Waals surface area contributed by atoms with Crippen LogP contribution in [0.2, 0.25) is 0 Å². The third-order valence-electron chi connectivity index (χ3n) is 3.81. The van der Waals surface area contributed by atoms with Crippen LogP contribution in [0.5, 0.6) is 0 Å². The second-order valence-electron chi connectivity index (χ2n) is 5.87. The van der Waals surface area contributed by atoms with Gasteiger partial charge in [0.1, 0.15) is 0 Å². The van der Waals surface area contributed by atoms with E-state index in [1.807, 2.05) is 0 Å². The summed E-state index contributed by atoms with van der Waals surface area (Å²) in [5.41, 5.74) is 6.86. The van der Waals surface area contributed by atoms with Crippen molar-refractivity contribution in [2.24, 2.45) is 11.1 Å². The van der Waals surface area contributed by atoms with Gasteiger partial charge in [-0.05, 0) is 52.0 Å². The quantitative estimate of drug-likeness (QED) is 0.616. The zero-order valence-electron chi connectivity index (χ0n) is 9.14. The van der Waals surface area contributed by atoms with E-state index in [9.17, 15) is 0 Å². The summed E-state index contributed by atoms with van der Waals surface area (Å²) in [5.74, 6) is 0. The first-order valence-electron chi connectivity index (χ1n) is 5.45. The molecule has 76 valence electrons. The van der Waals surface area contributed by atoms with Crippen LogP contribution in [0.15, 0.2) is 0 Å². The normalized spacial score (nSPS) is 41.1. The molecule has 2 aliphatic rings. The summed E-state index contributed by atoms with van der Waals surface area (Å²) in [4.78, 5) is 2.60. The van der Waals surface area contributed by atoms with Gasteiger partial charge >= 0.3 is 0 Å². The van der Waals surface area contributed by atoms with Gasteiger partial charge in [0, 0.05) is 18.1 Å². The van der Waals surface area contributed by atoms with Gasteiger partial charge in [0.2, 0.25) is 0 Å². The van der Waals surface area contributed by atoms with Gasteiger partial charge in [0.05, 0.1) is 0 Å². The van der Waals surface area contributed by atoms with Crippen molar-refractivity contribution in [3.8, 4) is 0 Å². The molecular formula is C11H22N2. The molecular weight excluding hydrogens is 160 g/mol. The van der Waals surface area contributed by atoms with Crippen molar-refractivity contribution in [3.05, 3.63) is 0 Å². The van der Waals surface area contributed by atoms with Crippen molar-refractivity contribution in [3.63, 3.8) is 0 Å². The maximum atomic E-state index is 6.01.